The molecule has 2 heterocycles. The standard InChI is InChI=1S/C15H16N4O/c1-10(11-6-8-17-9-7-11)19-12-4-3-5-13(20-2)14(12)18-15(19)16/h3-10H,1-2H3,(H2,16,18). The molecule has 1 unspecified atom stereocenters. The van der Waals surface area contributed by atoms with E-state index in [4.69, 9.17) is 10.5 Å². The number of imidazole rings is 1. The highest BCUT2D eigenvalue weighted by Crippen LogP contribution is 2.31. The van der Waals surface area contributed by atoms with E-state index in [0.717, 1.165) is 22.3 Å². The molecule has 0 aliphatic carbocycles. The number of methoxy groups -OCH3 is 1. The minimum Gasteiger partial charge on any atom is -0.494 e. The summed E-state index contributed by atoms with van der Waals surface area (Å²) in [5, 5.41) is 0. The van der Waals surface area contributed by atoms with E-state index in [1.165, 1.54) is 0 Å². The third kappa shape index (κ3) is 1.87. The summed E-state index contributed by atoms with van der Waals surface area (Å²) in [5.41, 5.74) is 8.98. The Morgan fingerprint density at radius 3 is 2.65 bits per heavy atom. The van der Waals surface area contributed by atoms with E-state index in [-0.39, 0.29) is 6.04 Å². The quantitative estimate of drug-likeness (QED) is 0.793. The summed E-state index contributed by atoms with van der Waals surface area (Å²) in [6.07, 6.45) is 3.56. The molecule has 0 saturated carbocycles. The number of pyridine rings is 1. The number of hydrogen-bond donors (Lipinski definition) is 1. The summed E-state index contributed by atoms with van der Waals surface area (Å²) >= 11 is 0. The van der Waals surface area contributed by atoms with Crippen molar-refractivity contribution < 1.29 is 4.74 Å². The van der Waals surface area contributed by atoms with Crippen molar-refractivity contribution in [2.45, 2.75) is 13.0 Å². The lowest BCUT2D eigenvalue weighted by Gasteiger charge is -2.16. The van der Waals surface area contributed by atoms with Gasteiger partial charge in [-0.1, -0.05) is 6.07 Å². The second kappa shape index (κ2) is 4.85. The Morgan fingerprint density at radius 2 is 1.95 bits per heavy atom. The van der Waals surface area contributed by atoms with Gasteiger partial charge in [0.2, 0.25) is 5.95 Å². The van der Waals surface area contributed by atoms with Crippen molar-refractivity contribution in [3.8, 4) is 5.75 Å². The van der Waals surface area contributed by atoms with Crippen LogP contribution in [0.5, 0.6) is 5.75 Å². The van der Waals surface area contributed by atoms with Gasteiger partial charge in [-0.05, 0) is 36.8 Å². The topological polar surface area (TPSA) is 66.0 Å². The first kappa shape index (κ1) is 12.5. The SMILES string of the molecule is COc1cccc2c1nc(N)n2C(C)c1ccncc1. The molecule has 20 heavy (non-hydrogen) atoms. The molecule has 5 nitrogen and oxygen atoms in total. The number of aromatic nitrogens is 3. The van der Waals surface area contributed by atoms with Crippen molar-refractivity contribution in [1.29, 1.82) is 0 Å². The van der Waals surface area contributed by atoms with Crippen molar-refractivity contribution in [1.82, 2.24) is 14.5 Å². The highest BCUT2D eigenvalue weighted by Gasteiger charge is 2.17. The lowest BCUT2D eigenvalue weighted by molar-refractivity contribution is 0.419. The Morgan fingerprint density at radius 1 is 1.20 bits per heavy atom. The smallest absolute Gasteiger partial charge is 0.201 e. The number of fused-ring (bicyclic) bond motifs is 1. The van der Waals surface area contributed by atoms with Crippen molar-refractivity contribution in [2.75, 3.05) is 12.8 Å². The van der Waals surface area contributed by atoms with E-state index in [2.05, 4.69) is 16.9 Å². The van der Waals surface area contributed by atoms with Crippen LogP contribution in [0, 0.1) is 0 Å². The number of hydrogen-bond acceptors (Lipinski definition) is 4. The molecule has 1 atom stereocenters. The van der Waals surface area contributed by atoms with Crippen LogP contribution in [0.15, 0.2) is 42.7 Å². The van der Waals surface area contributed by atoms with Crippen LogP contribution in [0.2, 0.25) is 0 Å². The molecule has 3 aromatic rings. The van der Waals surface area contributed by atoms with E-state index in [1.54, 1.807) is 19.5 Å². The molecule has 3 rings (SSSR count). The second-order valence-electron chi connectivity index (χ2n) is 4.62. The molecule has 1 aromatic carbocycles. The monoisotopic (exact) mass is 268 g/mol. The predicted molar refractivity (Wildman–Crippen MR) is 78.7 cm³/mol. The van der Waals surface area contributed by atoms with E-state index >= 15 is 0 Å². The van der Waals surface area contributed by atoms with Gasteiger partial charge in [0, 0.05) is 12.4 Å². The molecule has 0 saturated heterocycles. The maximum absolute atomic E-state index is 6.10. The highest BCUT2D eigenvalue weighted by atomic mass is 16.5. The van der Waals surface area contributed by atoms with Gasteiger partial charge in [0.15, 0.2) is 0 Å². The van der Waals surface area contributed by atoms with Crippen molar-refractivity contribution in [3.63, 3.8) is 0 Å². The largest absolute Gasteiger partial charge is 0.494 e. The number of benzene rings is 1. The molecule has 0 amide bonds. The zero-order valence-electron chi connectivity index (χ0n) is 11.4. The van der Waals surface area contributed by atoms with E-state index < -0.39 is 0 Å². The molecule has 0 radical (unpaired) electrons. The average molecular weight is 268 g/mol. The maximum Gasteiger partial charge on any atom is 0.201 e. The van der Waals surface area contributed by atoms with Gasteiger partial charge >= 0.3 is 0 Å². The molecular formula is C15H16N4O. The zero-order chi connectivity index (χ0) is 14.1. The molecule has 2 aromatic heterocycles. The Balaban J connectivity index is 2.19. The van der Waals surface area contributed by atoms with Gasteiger partial charge in [0.05, 0.1) is 18.7 Å². The minimum atomic E-state index is 0.0788. The lowest BCUT2D eigenvalue weighted by atomic mass is 10.1. The molecule has 102 valence electrons. The summed E-state index contributed by atoms with van der Waals surface area (Å²) in [5.74, 6) is 1.21. The first-order valence-corrected chi connectivity index (χ1v) is 6.42. The number of nitrogens with two attached hydrogens (primary N) is 1. The first-order chi connectivity index (χ1) is 9.72. The van der Waals surface area contributed by atoms with Crippen LogP contribution in [0.3, 0.4) is 0 Å². The average Bonchev–Trinajstić information content (AvgIpc) is 2.83. The third-order valence-corrected chi connectivity index (χ3v) is 3.51. The van der Waals surface area contributed by atoms with Gasteiger partial charge in [0.1, 0.15) is 11.3 Å². The van der Waals surface area contributed by atoms with Gasteiger partial charge in [0.25, 0.3) is 0 Å². The lowest BCUT2D eigenvalue weighted by Crippen LogP contribution is -2.10. The maximum atomic E-state index is 6.10. The Hall–Kier alpha value is -2.56. The molecule has 0 aliphatic heterocycles. The number of rotatable bonds is 3. The molecule has 0 spiro atoms. The number of para-hydroxylation sites is 1. The fourth-order valence-electron chi connectivity index (χ4n) is 2.47. The van der Waals surface area contributed by atoms with Crippen molar-refractivity contribution >= 4 is 17.0 Å². The van der Waals surface area contributed by atoms with E-state index in [1.807, 2.05) is 34.9 Å². The normalized spacial score (nSPS) is 12.5. The number of ether oxygens (including phenoxy) is 1. The number of nitrogens with zero attached hydrogens (tertiary/aromatic N) is 3. The number of anilines is 1. The summed E-state index contributed by atoms with van der Waals surface area (Å²) in [7, 11) is 1.64. The molecule has 0 aliphatic rings. The van der Waals surface area contributed by atoms with Crippen LogP contribution in [0.1, 0.15) is 18.5 Å². The summed E-state index contributed by atoms with van der Waals surface area (Å²) in [4.78, 5) is 8.48. The summed E-state index contributed by atoms with van der Waals surface area (Å²) in [6.45, 7) is 2.09. The van der Waals surface area contributed by atoms with Gasteiger partial charge < -0.3 is 15.0 Å². The fraction of sp³-hybridized carbons (Fsp3) is 0.200. The van der Waals surface area contributed by atoms with E-state index in [0.29, 0.717) is 5.95 Å². The third-order valence-electron chi connectivity index (χ3n) is 3.51. The van der Waals surface area contributed by atoms with Gasteiger partial charge in [-0.15, -0.1) is 0 Å². The van der Waals surface area contributed by atoms with Crippen LogP contribution in [-0.2, 0) is 0 Å². The zero-order valence-corrected chi connectivity index (χ0v) is 11.4. The molecular weight excluding hydrogens is 252 g/mol. The first-order valence-electron chi connectivity index (χ1n) is 6.42. The van der Waals surface area contributed by atoms with Crippen molar-refractivity contribution in [2.24, 2.45) is 0 Å². The van der Waals surface area contributed by atoms with E-state index in [9.17, 15) is 0 Å². The predicted octanol–water partition coefficient (Wildman–Crippen LogP) is 2.63. The minimum absolute atomic E-state index is 0.0788. The number of nitrogen functional groups attached to an aromatic ring is 1. The Bertz CT molecular complexity index is 736. The summed E-state index contributed by atoms with van der Waals surface area (Å²) < 4.78 is 7.35. The Labute approximate surface area is 117 Å². The fourth-order valence-corrected chi connectivity index (χ4v) is 2.47. The molecule has 0 fully saturated rings. The van der Waals surface area contributed by atoms with Gasteiger partial charge in [-0.25, -0.2) is 4.98 Å². The Kier molecular flexibility index (Phi) is 3.02. The van der Waals surface area contributed by atoms with Crippen LogP contribution >= 0.6 is 0 Å². The van der Waals surface area contributed by atoms with Crippen molar-refractivity contribution in [3.05, 3.63) is 48.3 Å². The molecule has 2 N–H and O–H groups in total. The van der Waals surface area contributed by atoms with Crippen LogP contribution < -0.4 is 10.5 Å². The van der Waals surface area contributed by atoms with Crippen LogP contribution in [-0.4, -0.2) is 21.6 Å². The molecule has 5 heteroatoms. The van der Waals surface area contributed by atoms with Gasteiger partial charge in [-0.2, -0.15) is 0 Å². The van der Waals surface area contributed by atoms with Crippen LogP contribution in [0.25, 0.3) is 11.0 Å². The second-order valence-corrected chi connectivity index (χ2v) is 4.62. The molecule has 0 bridgehead atoms. The van der Waals surface area contributed by atoms with Crippen LogP contribution in [0.4, 0.5) is 5.95 Å². The highest BCUT2D eigenvalue weighted by molar-refractivity contribution is 5.84. The van der Waals surface area contributed by atoms with Gasteiger partial charge in [-0.3, -0.25) is 4.98 Å². The summed E-state index contributed by atoms with van der Waals surface area (Å²) in [6, 6.07) is 9.87.